The van der Waals surface area contributed by atoms with Crippen molar-refractivity contribution in [2.45, 2.75) is 70.3 Å². The zero-order valence-electron chi connectivity index (χ0n) is 25.0. The first-order valence-corrected chi connectivity index (χ1v) is 14.6. The van der Waals surface area contributed by atoms with Crippen molar-refractivity contribution in [1.82, 2.24) is 25.9 Å². The van der Waals surface area contributed by atoms with Gasteiger partial charge in [-0.1, -0.05) is 50.2 Å². The van der Waals surface area contributed by atoms with Crippen LogP contribution < -0.4 is 21.7 Å². The molecule has 0 radical (unpaired) electrons. The number of aliphatic carboxylic acids is 1. The molecule has 0 saturated heterocycles. The number of aliphatic hydroxyl groups excluding tert-OH is 1. The molecule has 4 aromatic rings. The Morgan fingerprint density at radius 2 is 1.18 bits per heavy atom. The number of hydrogen-bond donors (Lipinski definition) is 8. The monoisotopic (exact) mass is 604 g/mol. The van der Waals surface area contributed by atoms with Crippen molar-refractivity contribution >= 4 is 45.5 Å². The van der Waals surface area contributed by atoms with Crippen molar-refractivity contribution in [2.75, 3.05) is 0 Å². The molecule has 2 aromatic carbocycles. The van der Waals surface area contributed by atoms with Crippen LogP contribution in [0.25, 0.3) is 21.8 Å². The lowest BCUT2D eigenvalue weighted by Gasteiger charge is -2.26. The molecule has 12 heteroatoms. The number of fused-ring (bicyclic) bond motifs is 2. The van der Waals surface area contributed by atoms with Crippen LogP contribution in [0.3, 0.4) is 0 Å². The first kappa shape index (κ1) is 32.2. The third-order valence-electron chi connectivity index (χ3n) is 7.61. The molecule has 0 fully saturated rings. The maximum Gasteiger partial charge on any atom is 0.326 e. The Morgan fingerprint density at radius 1 is 0.727 bits per heavy atom. The van der Waals surface area contributed by atoms with Gasteiger partial charge in [0, 0.05) is 47.0 Å². The normalized spacial score (nSPS) is 15.0. The van der Waals surface area contributed by atoms with Crippen LogP contribution in [0.2, 0.25) is 0 Å². The maximum atomic E-state index is 13.7. The summed E-state index contributed by atoms with van der Waals surface area (Å²) in [6, 6.07) is 10.2. The number of carboxylic acid groups (broad SMARTS) is 1. The number of aromatic amines is 2. The molecule has 234 valence electrons. The quantitative estimate of drug-likeness (QED) is 0.107. The van der Waals surface area contributed by atoms with Gasteiger partial charge in [-0.25, -0.2) is 4.79 Å². The van der Waals surface area contributed by atoms with Crippen molar-refractivity contribution < 1.29 is 29.4 Å². The molecule has 9 N–H and O–H groups in total. The van der Waals surface area contributed by atoms with Gasteiger partial charge in [-0.2, -0.15) is 0 Å². The number of carbonyl (C=O) groups is 4. The van der Waals surface area contributed by atoms with E-state index in [9.17, 15) is 29.4 Å². The summed E-state index contributed by atoms with van der Waals surface area (Å²) in [6.07, 6.45) is 2.63. The van der Waals surface area contributed by atoms with Crippen molar-refractivity contribution in [3.8, 4) is 0 Å². The number of carbonyl (C=O) groups excluding carboxylic acids is 3. The number of rotatable bonds is 14. The minimum absolute atomic E-state index is 0.0317. The van der Waals surface area contributed by atoms with Crippen LogP contribution >= 0.6 is 0 Å². The molecular weight excluding hydrogens is 564 g/mol. The minimum atomic E-state index is -1.27. The van der Waals surface area contributed by atoms with Gasteiger partial charge in [0.25, 0.3) is 0 Å². The second-order valence-electron chi connectivity index (χ2n) is 11.5. The fraction of sp³-hybridized carbons (Fsp3) is 0.375. The lowest BCUT2D eigenvalue weighted by molar-refractivity contribution is -0.142. The van der Waals surface area contributed by atoms with Crippen LogP contribution in [0.4, 0.5) is 0 Å². The van der Waals surface area contributed by atoms with Crippen LogP contribution in [-0.2, 0) is 32.0 Å². The Kier molecular flexibility index (Phi) is 10.4. The molecule has 3 amide bonds. The average molecular weight is 605 g/mol. The summed E-state index contributed by atoms with van der Waals surface area (Å²) < 4.78 is 0. The zero-order valence-corrected chi connectivity index (χ0v) is 25.0. The van der Waals surface area contributed by atoms with E-state index >= 15 is 0 Å². The van der Waals surface area contributed by atoms with E-state index in [1.165, 1.54) is 6.92 Å². The third-order valence-corrected chi connectivity index (χ3v) is 7.61. The van der Waals surface area contributed by atoms with E-state index in [0.717, 1.165) is 32.9 Å². The van der Waals surface area contributed by atoms with Gasteiger partial charge in [-0.05, 0) is 42.5 Å². The zero-order chi connectivity index (χ0) is 32.0. The third kappa shape index (κ3) is 7.82. The molecule has 0 spiro atoms. The van der Waals surface area contributed by atoms with Gasteiger partial charge in [0.1, 0.15) is 24.2 Å². The average Bonchev–Trinajstić information content (AvgIpc) is 3.59. The summed E-state index contributed by atoms with van der Waals surface area (Å²) in [5.74, 6) is -3.28. The van der Waals surface area contributed by atoms with Crippen molar-refractivity contribution in [1.29, 1.82) is 0 Å². The predicted octanol–water partition coefficient (Wildman–Crippen LogP) is 1.73. The highest BCUT2D eigenvalue weighted by Gasteiger charge is 2.32. The van der Waals surface area contributed by atoms with Gasteiger partial charge < -0.3 is 41.9 Å². The minimum Gasteiger partial charge on any atom is -0.480 e. The number of nitrogens with two attached hydrogens (primary N) is 1. The lowest BCUT2D eigenvalue weighted by atomic mass is 9.99. The predicted molar refractivity (Wildman–Crippen MR) is 167 cm³/mol. The Balaban J connectivity index is 1.54. The van der Waals surface area contributed by atoms with E-state index in [-0.39, 0.29) is 25.2 Å². The Hall–Kier alpha value is -4.68. The first-order chi connectivity index (χ1) is 20.9. The molecule has 12 nitrogen and oxygen atoms in total. The Bertz CT molecular complexity index is 1630. The number of nitrogens with one attached hydrogen (secondary N) is 5. The van der Waals surface area contributed by atoms with E-state index in [1.807, 2.05) is 62.4 Å². The van der Waals surface area contributed by atoms with Gasteiger partial charge in [0.2, 0.25) is 17.7 Å². The van der Waals surface area contributed by atoms with Crippen LogP contribution in [0.1, 0.15) is 38.3 Å². The number of H-pyrrole nitrogens is 2. The van der Waals surface area contributed by atoms with Crippen LogP contribution in [0.15, 0.2) is 60.9 Å². The van der Waals surface area contributed by atoms with Gasteiger partial charge >= 0.3 is 5.97 Å². The van der Waals surface area contributed by atoms with E-state index in [0.29, 0.717) is 0 Å². The standard InChI is InChI=1S/C32H40N6O6/c1-17(2)12-25(29(40)38-27(32(43)44)14-20-16-35-24-11-7-5-9-22(20)24)36-30(41)26(37-31(42)28(33)18(3)39)13-19-15-34-23-10-6-4-8-21(19)23/h4-11,15-18,25-28,34-35,39H,12-14,33H2,1-3H3,(H,36,41)(H,37,42)(H,38,40)(H,43,44). The molecule has 2 heterocycles. The number of hydrogen-bond acceptors (Lipinski definition) is 6. The molecule has 2 aromatic heterocycles. The van der Waals surface area contributed by atoms with E-state index in [4.69, 9.17) is 5.73 Å². The largest absolute Gasteiger partial charge is 0.480 e. The number of carboxylic acids is 1. The smallest absolute Gasteiger partial charge is 0.326 e. The maximum absolute atomic E-state index is 13.7. The van der Waals surface area contributed by atoms with E-state index in [1.54, 1.807) is 12.4 Å². The number of benzene rings is 2. The van der Waals surface area contributed by atoms with E-state index in [2.05, 4.69) is 25.9 Å². The topological polar surface area (TPSA) is 202 Å². The van der Waals surface area contributed by atoms with Crippen LogP contribution in [0.5, 0.6) is 0 Å². The Labute approximate surface area is 254 Å². The molecule has 0 aliphatic heterocycles. The lowest BCUT2D eigenvalue weighted by Crippen LogP contribution is -2.59. The highest BCUT2D eigenvalue weighted by atomic mass is 16.4. The number of aliphatic hydroxyl groups is 1. The SMILES string of the molecule is CC(C)CC(NC(=O)C(Cc1c[nH]c2ccccc12)NC(=O)C(N)C(C)O)C(=O)NC(Cc1c[nH]c2ccccc12)C(=O)O. The summed E-state index contributed by atoms with van der Waals surface area (Å²) in [5.41, 5.74) is 9.02. The molecule has 0 aliphatic carbocycles. The second-order valence-corrected chi connectivity index (χ2v) is 11.5. The fourth-order valence-electron chi connectivity index (χ4n) is 5.18. The molecular formula is C32H40N6O6. The van der Waals surface area contributed by atoms with Gasteiger partial charge in [0.05, 0.1) is 6.10 Å². The van der Waals surface area contributed by atoms with Crippen molar-refractivity contribution in [2.24, 2.45) is 11.7 Å². The van der Waals surface area contributed by atoms with Crippen molar-refractivity contribution in [3.63, 3.8) is 0 Å². The number of aromatic nitrogens is 2. The highest BCUT2D eigenvalue weighted by Crippen LogP contribution is 2.21. The molecule has 0 bridgehead atoms. The number of amides is 3. The highest BCUT2D eigenvalue weighted by molar-refractivity contribution is 5.95. The van der Waals surface area contributed by atoms with Gasteiger partial charge in [0.15, 0.2) is 0 Å². The van der Waals surface area contributed by atoms with Crippen LogP contribution in [0, 0.1) is 5.92 Å². The fourth-order valence-corrected chi connectivity index (χ4v) is 5.18. The summed E-state index contributed by atoms with van der Waals surface area (Å²) >= 11 is 0. The molecule has 4 rings (SSSR count). The Morgan fingerprint density at radius 3 is 1.68 bits per heavy atom. The summed E-state index contributed by atoms with van der Waals surface area (Å²) in [5, 5.41) is 29.5. The first-order valence-electron chi connectivity index (χ1n) is 14.6. The van der Waals surface area contributed by atoms with Gasteiger partial charge in [-0.3, -0.25) is 14.4 Å². The molecule has 5 atom stereocenters. The number of para-hydroxylation sites is 2. The molecule has 0 aliphatic rings. The summed E-state index contributed by atoms with van der Waals surface area (Å²) in [7, 11) is 0. The molecule has 5 unspecified atom stereocenters. The molecule has 44 heavy (non-hydrogen) atoms. The van der Waals surface area contributed by atoms with E-state index < -0.39 is 54.0 Å². The molecule has 0 saturated carbocycles. The van der Waals surface area contributed by atoms with Gasteiger partial charge in [-0.15, -0.1) is 0 Å². The second kappa shape index (κ2) is 14.2. The van der Waals surface area contributed by atoms with Crippen LogP contribution in [-0.4, -0.2) is 74.1 Å². The van der Waals surface area contributed by atoms with Crippen molar-refractivity contribution in [3.05, 3.63) is 72.1 Å². The summed E-state index contributed by atoms with van der Waals surface area (Å²) in [6.45, 7) is 5.12. The summed E-state index contributed by atoms with van der Waals surface area (Å²) in [4.78, 5) is 58.5.